The highest BCUT2D eigenvalue weighted by Crippen LogP contribution is 2.28. The Morgan fingerprint density at radius 1 is 0.971 bits per heavy atom. The van der Waals surface area contributed by atoms with E-state index < -0.39 is 0 Å². The summed E-state index contributed by atoms with van der Waals surface area (Å²) < 4.78 is 5.48. The number of hydrogen-bond donors (Lipinski definition) is 0. The summed E-state index contributed by atoms with van der Waals surface area (Å²) in [5.41, 5.74) is 2.31. The van der Waals surface area contributed by atoms with E-state index in [1.54, 1.807) is 12.0 Å². The topological polar surface area (TPSA) is 78.9 Å². The van der Waals surface area contributed by atoms with Gasteiger partial charge in [-0.1, -0.05) is 42.5 Å². The predicted molar refractivity (Wildman–Crippen MR) is 130 cm³/mol. The molecule has 1 aliphatic rings. The quantitative estimate of drug-likeness (QED) is 0.516. The molecule has 0 N–H and O–H groups in total. The molecule has 34 heavy (non-hydrogen) atoms. The second-order valence-electron chi connectivity index (χ2n) is 8.09. The number of carbonyl (C=O) groups excluding carboxylic acids is 2. The monoisotopic (exact) mass is 459 g/mol. The minimum Gasteiger partial charge on any atom is -0.495 e. The molecule has 0 radical (unpaired) electrons. The Hall–Kier alpha value is -3.94. The number of aromatic nitrogens is 2. The summed E-state index contributed by atoms with van der Waals surface area (Å²) in [5.74, 6) is 0.650. The summed E-state index contributed by atoms with van der Waals surface area (Å²) in [7, 11) is 1.67. The van der Waals surface area contributed by atoms with Crippen LogP contribution in [0.3, 0.4) is 0 Å². The van der Waals surface area contributed by atoms with Gasteiger partial charge in [0.1, 0.15) is 11.4 Å². The van der Waals surface area contributed by atoms with Crippen LogP contribution in [0.15, 0.2) is 73.2 Å². The number of carbonyl (C=O) groups is 2. The van der Waals surface area contributed by atoms with Gasteiger partial charge in [0.15, 0.2) is 0 Å². The maximum absolute atomic E-state index is 13.1. The van der Waals surface area contributed by atoms with Crippen molar-refractivity contribution in [2.45, 2.75) is 13.0 Å². The molecular formula is C26H29N5O3. The smallest absolute Gasteiger partial charge is 0.274 e. The number of anilines is 1. The van der Waals surface area contributed by atoms with Crippen molar-refractivity contribution in [2.75, 3.05) is 44.7 Å². The highest BCUT2D eigenvalue weighted by Gasteiger charge is 2.24. The number of ether oxygens (including phenoxy) is 1. The maximum Gasteiger partial charge on any atom is 0.274 e. The first-order valence-electron chi connectivity index (χ1n) is 11.4. The number of hydrogen-bond acceptors (Lipinski definition) is 6. The highest BCUT2D eigenvalue weighted by molar-refractivity contribution is 5.92. The van der Waals surface area contributed by atoms with Crippen molar-refractivity contribution in [1.29, 1.82) is 0 Å². The maximum atomic E-state index is 13.1. The van der Waals surface area contributed by atoms with E-state index in [2.05, 4.69) is 14.9 Å². The van der Waals surface area contributed by atoms with E-state index >= 15 is 0 Å². The summed E-state index contributed by atoms with van der Waals surface area (Å²) in [6, 6.07) is 17.7. The normalized spacial score (nSPS) is 13.4. The molecule has 0 saturated carbocycles. The van der Waals surface area contributed by atoms with Crippen molar-refractivity contribution in [2.24, 2.45) is 0 Å². The van der Waals surface area contributed by atoms with E-state index in [1.807, 2.05) is 59.5 Å². The van der Waals surface area contributed by atoms with E-state index in [4.69, 9.17) is 4.74 Å². The Kier molecular flexibility index (Phi) is 7.70. The van der Waals surface area contributed by atoms with Crippen LogP contribution in [-0.4, -0.2) is 71.4 Å². The molecule has 1 fully saturated rings. The minimum absolute atomic E-state index is 0.0460. The largest absolute Gasteiger partial charge is 0.495 e. The third kappa shape index (κ3) is 5.70. The van der Waals surface area contributed by atoms with Gasteiger partial charge in [0.2, 0.25) is 5.91 Å². The van der Waals surface area contributed by atoms with Crippen molar-refractivity contribution < 1.29 is 14.3 Å². The number of methoxy groups -OCH3 is 1. The molecule has 0 spiro atoms. The molecule has 8 nitrogen and oxygen atoms in total. The third-order valence-corrected chi connectivity index (χ3v) is 5.94. The molecule has 8 heteroatoms. The lowest BCUT2D eigenvalue weighted by Crippen LogP contribution is -2.49. The molecule has 1 aliphatic heterocycles. The van der Waals surface area contributed by atoms with E-state index in [9.17, 15) is 9.59 Å². The molecule has 0 aliphatic carbocycles. The van der Waals surface area contributed by atoms with Crippen LogP contribution in [0.4, 0.5) is 5.69 Å². The van der Waals surface area contributed by atoms with Crippen molar-refractivity contribution >= 4 is 17.5 Å². The lowest BCUT2D eigenvalue weighted by molar-refractivity contribution is -0.131. The van der Waals surface area contributed by atoms with Crippen molar-refractivity contribution in [3.05, 3.63) is 84.4 Å². The van der Waals surface area contributed by atoms with Gasteiger partial charge in [-0.05, 0) is 17.7 Å². The molecule has 176 valence electrons. The number of benzene rings is 2. The Balaban J connectivity index is 1.36. The molecule has 1 aromatic heterocycles. The van der Waals surface area contributed by atoms with E-state index in [0.29, 0.717) is 26.2 Å². The predicted octanol–water partition coefficient (Wildman–Crippen LogP) is 2.87. The second kappa shape index (κ2) is 11.3. The number of rotatable bonds is 8. The van der Waals surface area contributed by atoms with Crippen LogP contribution in [0.5, 0.6) is 5.75 Å². The molecule has 0 atom stereocenters. The van der Waals surface area contributed by atoms with Crippen LogP contribution in [0.25, 0.3) is 0 Å². The van der Waals surface area contributed by atoms with Crippen LogP contribution in [0.1, 0.15) is 22.5 Å². The molecule has 0 unspecified atom stereocenters. The Morgan fingerprint density at radius 3 is 2.41 bits per heavy atom. The number of nitrogens with zero attached hydrogens (tertiary/aromatic N) is 5. The fourth-order valence-corrected chi connectivity index (χ4v) is 4.10. The molecule has 0 bridgehead atoms. The summed E-state index contributed by atoms with van der Waals surface area (Å²) in [6.07, 6.45) is 4.75. The first kappa shape index (κ1) is 23.2. The van der Waals surface area contributed by atoms with Gasteiger partial charge in [-0.25, -0.2) is 4.98 Å². The standard InChI is InChI=1S/C26H29N5O3/c1-34-24-10-6-5-9-23(24)29-15-17-30(18-16-29)25(32)11-14-31(20-21-7-3-2-4-8-21)26(33)22-19-27-12-13-28-22/h2-10,12-13,19H,11,14-18,20H2,1H3. The van der Waals surface area contributed by atoms with Crippen LogP contribution in [-0.2, 0) is 11.3 Å². The second-order valence-corrected chi connectivity index (χ2v) is 8.09. The zero-order valence-corrected chi connectivity index (χ0v) is 19.3. The highest BCUT2D eigenvalue weighted by atomic mass is 16.5. The van der Waals surface area contributed by atoms with Gasteiger partial charge < -0.3 is 19.4 Å². The molecule has 2 amide bonds. The molecule has 2 heterocycles. The molecule has 3 aromatic rings. The lowest BCUT2D eigenvalue weighted by atomic mass is 10.2. The zero-order valence-electron chi connectivity index (χ0n) is 19.3. The Bertz CT molecular complexity index is 1090. The van der Waals surface area contributed by atoms with E-state index in [1.165, 1.54) is 18.6 Å². The van der Waals surface area contributed by atoms with Crippen molar-refractivity contribution in [3.63, 3.8) is 0 Å². The summed E-state index contributed by atoms with van der Waals surface area (Å²) in [6.45, 7) is 3.46. The van der Waals surface area contributed by atoms with Crippen LogP contribution >= 0.6 is 0 Å². The van der Waals surface area contributed by atoms with E-state index in [0.717, 1.165) is 30.1 Å². The van der Waals surface area contributed by atoms with Gasteiger partial charge in [-0.3, -0.25) is 14.6 Å². The van der Waals surface area contributed by atoms with E-state index in [-0.39, 0.29) is 23.9 Å². The van der Waals surface area contributed by atoms with Crippen molar-refractivity contribution in [3.8, 4) is 5.75 Å². The first-order valence-corrected chi connectivity index (χ1v) is 11.4. The minimum atomic E-state index is -0.231. The van der Waals surface area contributed by atoms with Gasteiger partial charge in [-0.2, -0.15) is 0 Å². The Labute approximate surface area is 199 Å². The summed E-state index contributed by atoms with van der Waals surface area (Å²) in [5, 5.41) is 0. The fraction of sp³-hybridized carbons (Fsp3) is 0.308. The molecule has 1 saturated heterocycles. The van der Waals surface area contributed by atoms with Gasteiger partial charge in [-0.15, -0.1) is 0 Å². The zero-order chi connectivity index (χ0) is 23.8. The third-order valence-electron chi connectivity index (χ3n) is 5.94. The average Bonchev–Trinajstić information content (AvgIpc) is 2.91. The number of para-hydroxylation sites is 2. The average molecular weight is 460 g/mol. The van der Waals surface area contributed by atoms with Gasteiger partial charge in [0.05, 0.1) is 19.0 Å². The van der Waals surface area contributed by atoms with Gasteiger partial charge in [0, 0.05) is 58.1 Å². The Morgan fingerprint density at radius 2 is 1.71 bits per heavy atom. The SMILES string of the molecule is COc1ccccc1N1CCN(C(=O)CCN(Cc2ccccc2)C(=O)c2cnccn2)CC1. The van der Waals surface area contributed by atoms with Crippen LogP contribution in [0, 0.1) is 0 Å². The molecular weight excluding hydrogens is 430 g/mol. The molecule has 2 aromatic carbocycles. The molecule has 4 rings (SSSR count). The lowest BCUT2D eigenvalue weighted by Gasteiger charge is -2.37. The van der Waals surface area contributed by atoms with Crippen LogP contribution < -0.4 is 9.64 Å². The van der Waals surface area contributed by atoms with Crippen LogP contribution in [0.2, 0.25) is 0 Å². The first-order chi connectivity index (χ1) is 16.7. The van der Waals surface area contributed by atoms with Crippen molar-refractivity contribution in [1.82, 2.24) is 19.8 Å². The van der Waals surface area contributed by atoms with Gasteiger partial charge in [0.25, 0.3) is 5.91 Å². The number of piperazine rings is 1. The summed E-state index contributed by atoms with van der Waals surface area (Å²) in [4.78, 5) is 40.0. The summed E-state index contributed by atoms with van der Waals surface area (Å²) >= 11 is 0. The number of amides is 2. The van der Waals surface area contributed by atoms with Gasteiger partial charge >= 0.3 is 0 Å². The fourth-order valence-electron chi connectivity index (χ4n) is 4.10.